The zero-order valence-electron chi connectivity index (χ0n) is 16.3. The van der Waals surface area contributed by atoms with E-state index in [0.717, 1.165) is 29.9 Å². The fourth-order valence-corrected chi connectivity index (χ4v) is 3.25. The third-order valence-corrected chi connectivity index (χ3v) is 5.91. The lowest BCUT2D eigenvalue weighted by Gasteiger charge is -2.17. The van der Waals surface area contributed by atoms with Gasteiger partial charge in [0, 0.05) is 45.7 Å². The molecular weight excluding hydrogens is 469 g/mol. The van der Waals surface area contributed by atoms with E-state index >= 15 is 0 Å². The van der Waals surface area contributed by atoms with Crippen LogP contribution in [0.2, 0.25) is 0 Å². The standard InChI is InChI=1S/C16H31N5O3S.HI/c1-6-14-13(15(7-2)24-20-14)12-19-16(17-4)18-10-9-11-21(5)25(22,23)8-3;/h6-12H2,1-5H3,(H2,17,18,19);1H. The van der Waals surface area contributed by atoms with Gasteiger partial charge in [0.15, 0.2) is 5.96 Å². The maximum atomic E-state index is 11.7. The van der Waals surface area contributed by atoms with Crippen molar-refractivity contribution in [1.82, 2.24) is 20.1 Å². The summed E-state index contributed by atoms with van der Waals surface area (Å²) in [5.41, 5.74) is 2.05. The Balaban J connectivity index is 0.00000625. The van der Waals surface area contributed by atoms with Crippen LogP contribution in [0.3, 0.4) is 0 Å². The normalized spacial score (nSPS) is 12.2. The van der Waals surface area contributed by atoms with E-state index in [0.29, 0.717) is 32.0 Å². The molecule has 2 N–H and O–H groups in total. The van der Waals surface area contributed by atoms with E-state index in [1.54, 1.807) is 21.0 Å². The van der Waals surface area contributed by atoms with Gasteiger partial charge in [0.2, 0.25) is 10.0 Å². The lowest BCUT2D eigenvalue weighted by molar-refractivity contribution is 0.380. The molecule has 0 saturated heterocycles. The third-order valence-electron chi connectivity index (χ3n) is 4.05. The van der Waals surface area contributed by atoms with Crippen molar-refractivity contribution >= 4 is 40.0 Å². The van der Waals surface area contributed by atoms with E-state index in [4.69, 9.17) is 4.52 Å². The Kier molecular flexibility index (Phi) is 12.1. The molecule has 0 saturated carbocycles. The first-order valence-electron chi connectivity index (χ1n) is 8.74. The molecule has 0 aliphatic heterocycles. The summed E-state index contributed by atoms with van der Waals surface area (Å²) in [6.45, 7) is 7.45. The van der Waals surface area contributed by atoms with Gasteiger partial charge in [-0.15, -0.1) is 24.0 Å². The first-order chi connectivity index (χ1) is 11.9. The van der Waals surface area contributed by atoms with Gasteiger partial charge in [-0.2, -0.15) is 0 Å². The summed E-state index contributed by atoms with van der Waals surface area (Å²) in [5.74, 6) is 1.69. The van der Waals surface area contributed by atoms with Crippen molar-refractivity contribution in [3.8, 4) is 0 Å². The second-order valence-corrected chi connectivity index (χ2v) is 8.03. The largest absolute Gasteiger partial charge is 0.361 e. The van der Waals surface area contributed by atoms with Crippen LogP contribution < -0.4 is 10.6 Å². The topological polar surface area (TPSA) is 99.8 Å². The van der Waals surface area contributed by atoms with Crippen molar-refractivity contribution in [3.63, 3.8) is 0 Å². The molecule has 0 aromatic carbocycles. The molecule has 0 fully saturated rings. The molecule has 1 aromatic rings. The summed E-state index contributed by atoms with van der Waals surface area (Å²) in [5, 5.41) is 10.6. The van der Waals surface area contributed by atoms with Crippen molar-refractivity contribution in [2.24, 2.45) is 4.99 Å². The number of aryl methyl sites for hydroxylation is 2. The van der Waals surface area contributed by atoms with Gasteiger partial charge in [0.25, 0.3) is 0 Å². The molecule has 0 spiro atoms. The maximum absolute atomic E-state index is 11.7. The molecule has 0 unspecified atom stereocenters. The van der Waals surface area contributed by atoms with Gasteiger partial charge in [0.05, 0.1) is 11.4 Å². The number of halogens is 1. The van der Waals surface area contributed by atoms with Crippen molar-refractivity contribution in [2.45, 2.75) is 46.6 Å². The summed E-state index contributed by atoms with van der Waals surface area (Å²) in [7, 11) is 0.197. The van der Waals surface area contributed by atoms with Crippen LogP contribution in [-0.2, 0) is 29.4 Å². The maximum Gasteiger partial charge on any atom is 0.213 e. The Hall–Kier alpha value is -0.880. The second-order valence-electron chi connectivity index (χ2n) is 5.67. The highest BCUT2D eigenvalue weighted by atomic mass is 127. The van der Waals surface area contributed by atoms with E-state index in [-0.39, 0.29) is 29.7 Å². The SMILES string of the molecule is CCc1noc(CC)c1CNC(=NC)NCCCN(C)S(=O)(=O)CC.I. The van der Waals surface area contributed by atoms with Crippen LogP contribution >= 0.6 is 24.0 Å². The molecule has 152 valence electrons. The van der Waals surface area contributed by atoms with Crippen LogP contribution in [-0.4, -0.2) is 56.8 Å². The number of guanidine groups is 1. The summed E-state index contributed by atoms with van der Waals surface area (Å²) in [6.07, 6.45) is 2.32. The van der Waals surface area contributed by atoms with Gasteiger partial charge < -0.3 is 15.2 Å². The quantitative estimate of drug-likeness (QED) is 0.219. The molecule has 1 aromatic heterocycles. The molecule has 0 amide bonds. The Morgan fingerprint density at radius 2 is 1.92 bits per heavy atom. The van der Waals surface area contributed by atoms with Gasteiger partial charge in [-0.25, -0.2) is 12.7 Å². The van der Waals surface area contributed by atoms with Crippen LogP contribution in [0, 0.1) is 0 Å². The first kappa shape index (κ1) is 25.1. The Morgan fingerprint density at radius 1 is 1.23 bits per heavy atom. The molecule has 26 heavy (non-hydrogen) atoms. The number of hydrogen-bond acceptors (Lipinski definition) is 5. The minimum absolute atomic E-state index is 0. The number of aromatic nitrogens is 1. The number of aliphatic imine (C=N–C) groups is 1. The molecule has 1 rings (SSSR count). The number of hydrogen-bond donors (Lipinski definition) is 2. The molecule has 0 atom stereocenters. The molecular formula is C16H32IN5O3S. The Labute approximate surface area is 174 Å². The Bertz CT molecular complexity index is 639. The van der Waals surface area contributed by atoms with E-state index in [2.05, 4.69) is 27.7 Å². The van der Waals surface area contributed by atoms with Crippen LogP contribution in [0.5, 0.6) is 0 Å². The second kappa shape index (κ2) is 12.5. The molecule has 0 aliphatic rings. The first-order valence-corrected chi connectivity index (χ1v) is 10.3. The zero-order chi connectivity index (χ0) is 18.9. The van der Waals surface area contributed by atoms with Crippen molar-refractivity contribution in [2.75, 3.05) is 32.9 Å². The number of nitrogens with zero attached hydrogens (tertiary/aromatic N) is 3. The number of rotatable bonds is 10. The summed E-state index contributed by atoms with van der Waals surface area (Å²) in [4.78, 5) is 4.19. The van der Waals surface area contributed by atoms with Gasteiger partial charge in [-0.3, -0.25) is 4.99 Å². The number of sulfonamides is 1. The zero-order valence-corrected chi connectivity index (χ0v) is 19.5. The summed E-state index contributed by atoms with van der Waals surface area (Å²) < 4.78 is 30.1. The third kappa shape index (κ3) is 7.39. The van der Waals surface area contributed by atoms with Crippen molar-refractivity contribution in [3.05, 3.63) is 17.0 Å². The minimum Gasteiger partial charge on any atom is -0.361 e. The molecule has 10 heteroatoms. The van der Waals surface area contributed by atoms with Crippen LogP contribution in [0.4, 0.5) is 0 Å². The lowest BCUT2D eigenvalue weighted by atomic mass is 10.1. The fraction of sp³-hybridized carbons (Fsp3) is 0.750. The van der Waals surface area contributed by atoms with E-state index in [1.165, 1.54) is 4.31 Å². The fourth-order valence-electron chi connectivity index (χ4n) is 2.40. The van der Waals surface area contributed by atoms with Crippen LogP contribution in [0.1, 0.15) is 44.2 Å². The molecule has 8 nitrogen and oxygen atoms in total. The lowest BCUT2D eigenvalue weighted by Crippen LogP contribution is -2.39. The van der Waals surface area contributed by atoms with Gasteiger partial charge in [0.1, 0.15) is 5.76 Å². The average molecular weight is 501 g/mol. The predicted molar refractivity (Wildman–Crippen MR) is 116 cm³/mol. The summed E-state index contributed by atoms with van der Waals surface area (Å²) in [6, 6.07) is 0. The van der Waals surface area contributed by atoms with E-state index in [9.17, 15) is 8.42 Å². The highest BCUT2D eigenvalue weighted by Gasteiger charge is 2.15. The molecule has 0 radical (unpaired) electrons. The predicted octanol–water partition coefficient (Wildman–Crippen LogP) is 1.75. The molecule has 1 heterocycles. The van der Waals surface area contributed by atoms with Gasteiger partial charge in [-0.05, 0) is 19.8 Å². The van der Waals surface area contributed by atoms with Gasteiger partial charge in [-0.1, -0.05) is 19.0 Å². The summed E-state index contributed by atoms with van der Waals surface area (Å²) >= 11 is 0. The highest BCUT2D eigenvalue weighted by Crippen LogP contribution is 2.15. The van der Waals surface area contributed by atoms with Crippen LogP contribution in [0.25, 0.3) is 0 Å². The van der Waals surface area contributed by atoms with E-state index in [1.807, 2.05) is 6.92 Å². The number of nitrogens with one attached hydrogen (secondary N) is 2. The average Bonchev–Trinajstić information content (AvgIpc) is 3.02. The Morgan fingerprint density at radius 3 is 2.46 bits per heavy atom. The van der Waals surface area contributed by atoms with E-state index < -0.39 is 10.0 Å². The molecule has 0 aliphatic carbocycles. The monoisotopic (exact) mass is 501 g/mol. The van der Waals surface area contributed by atoms with Crippen molar-refractivity contribution < 1.29 is 12.9 Å². The smallest absolute Gasteiger partial charge is 0.213 e. The van der Waals surface area contributed by atoms with Crippen LogP contribution in [0.15, 0.2) is 9.52 Å². The molecule has 0 bridgehead atoms. The van der Waals surface area contributed by atoms with Crippen molar-refractivity contribution in [1.29, 1.82) is 0 Å². The van der Waals surface area contributed by atoms with Gasteiger partial charge >= 0.3 is 0 Å². The highest BCUT2D eigenvalue weighted by molar-refractivity contribution is 14.0. The minimum atomic E-state index is -3.12.